The van der Waals surface area contributed by atoms with Crippen molar-refractivity contribution < 1.29 is 4.79 Å². The molecule has 2 atom stereocenters. The third-order valence-corrected chi connectivity index (χ3v) is 4.32. The second kappa shape index (κ2) is 7.05. The summed E-state index contributed by atoms with van der Waals surface area (Å²) in [6, 6.07) is 8.58. The van der Waals surface area contributed by atoms with Gasteiger partial charge in [0.25, 0.3) is 0 Å². The largest absolute Gasteiger partial charge is 0.353 e. The molecular weight excluding hydrogens is 262 g/mol. The first-order chi connectivity index (χ1) is 9.99. The summed E-state index contributed by atoms with van der Waals surface area (Å²) in [5.74, 6) is 0.623. The van der Waals surface area contributed by atoms with E-state index in [2.05, 4.69) is 55.6 Å². The molecule has 21 heavy (non-hydrogen) atoms. The van der Waals surface area contributed by atoms with E-state index in [4.69, 9.17) is 0 Å². The minimum Gasteiger partial charge on any atom is -0.353 e. The second-order valence-electron chi connectivity index (χ2n) is 6.43. The molecule has 4 nitrogen and oxygen atoms in total. The molecule has 2 rings (SSSR count). The topological polar surface area (TPSA) is 44.4 Å². The van der Waals surface area contributed by atoms with E-state index in [1.165, 1.54) is 11.1 Å². The van der Waals surface area contributed by atoms with Gasteiger partial charge in [0.1, 0.15) is 0 Å². The third kappa shape index (κ3) is 4.05. The van der Waals surface area contributed by atoms with Crippen LogP contribution in [0.1, 0.15) is 25.0 Å². The van der Waals surface area contributed by atoms with Crippen molar-refractivity contribution >= 4 is 5.91 Å². The number of nitrogens with zero attached hydrogens (tertiary/aromatic N) is 1. The van der Waals surface area contributed by atoms with Crippen LogP contribution < -0.4 is 10.6 Å². The fraction of sp³-hybridized carbons (Fsp3) is 0.588. The van der Waals surface area contributed by atoms with Crippen molar-refractivity contribution in [3.8, 4) is 0 Å². The fourth-order valence-electron chi connectivity index (χ4n) is 2.98. The van der Waals surface area contributed by atoms with E-state index in [-0.39, 0.29) is 11.9 Å². The number of likely N-dealkylation sites (N-methyl/N-ethyl adjacent to an activating group) is 1. The zero-order valence-corrected chi connectivity index (χ0v) is 13.5. The molecule has 0 saturated carbocycles. The Hall–Kier alpha value is -1.39. The van der Waals surface area contributed by atoms with Crippen LogP contribution in [0.3, 0.4) is 0 Å². The molecule has 0 saturated heterocycles. The van der Waals surface area contributed by atoms with E-state index in [1.807, 2.05) is 12.1 Å². The molecule has 0 bridgehead atoms. The Kier molecular flexibility index (Phi) is 5.37. The molecule has 0 spiro atoms. The summed E-state index contributed by atoms with van der Waals surface area (Å²) in [5, 5.41) is 6.43. The predicted octanol–water partition coefficient (Wildman–Crippen LogP) is 1.40. The van der Waals surface area contributed by atoms with Crippen LogP contribution in [-0.2, 0) is 17.8 Å². The molecule has 1 aliphatic rings. The summed E-state index contributed by atoms with van der Waals surface area (Å²) in [4.78, 5) is 14.5. The summed E-state index contributed by atoms with van der Waals surface area (Å²) in [6.45, 7) is 5.84. The maximum absolute atomic E-state index is 12.4. The first-order valence-electron chi connectivity index (χ1n) is 7.73. The molecule has 1 aromatic rings. The van der Waals surface area contributed by atoms with Gasteiger partial charge in [0.15, 0.2) is 0 Å². The number of rotatable bonds is 5. The number of hydrogen-bond donors (Lipinski definition) is 2. The van der Waals surface area contributed by atoms with Crippen molar-refractivity contribution in [2.75, 3.05) is 20.6 Å². The van der Waals surface area contributed by atoms with Crippen LogP contribution in [0.2, 0.25) is 0 Å². The minimum atomic E-state index is -0.116. The highest BCUT2D eigenvalue weighted by Crippen LogP contribution is 2.16. The molecule has 1 aliphatic heterocycles. The Morgan fingerprint density at radius 1 is 1.33 bits per heavy atom. The lowest BCUT2D eigenvalue weighted by molar-refractivity contribution is -0.123. The van der Waals surface area contributed by atoms with E-state index in [0.717, 1.165) is 13.0 Å². The highest BCUT2D eigenvalue weighted by atomic mass is 16.2. The summed E-state index contributed by atoms with van der Waals surface area (Å²) in [5.41, 5.74) is 2.58. The highest BCUT2D eigenvalue weighted by Gasteiger charge is 2.25. The van der Waals surface area contributed by atoms with Gasteiger partial charge in [-0.2, -0.15) is 0 Å². The number of hydrogen-bond acceptors (Lipinski definition) is 3. The molecule has 2 N–H and O–H groups in total. The van der Waals surface area contributed by atoms with Crippen molar-refractivity contribution in [1.29, 1.82) is 0 Å². The molecule has 1 heterocycles. The van der Waals surface area contributed by atoms with Gasteiger partial charge < -0.3 is 15.5 Å². The number of amides is 1. The smallest absolute Gasteiger partial charge is 0.237 e. The second-order valence-corrected chi connectivity index (χ2v) is 6.43. The average molecular weight is 289 g/mol. The molecule has 0 aliphatic carbocycles. The van der Waals surface area contributed by atoms with Gasteiger partial charge in [0.2, 0.25) is 5.91 Å². The molecule has 1 unspecified atom stereocenters. The van der Waals surface area contributed by atoms with Crippen LogP contribution >= 0.6 is 0 Å². The summed E-state index contributed by atoms with van der Waals surface area (Å²) in [6.07, 6.45) is 0.774. The van der Waals surface area contributed by atoms with Crippen LogP contribution in [0.15, 0.2) is 24.3 Å². The molecule has 0 radical (unpaired) electrons. The molecule has 0 fully saturated rings. The van der Waals surface area contributed by atoms with Crippen LogP contribution in [0.25, 0.3) is 0 Å². The Bertz CT molecular complexity index is 477. The van der Waals surface area contributed by atoms with Crippen molar-refractivity contribution in [3.63, 3.8) is 0 Å². The van der Waals surface area contributed by atoms with Crippen molar-refractivity contribution in [2.24, 2.45) is 5.92 Å². The Morgan fingerprint density at radius 2 is 2.00 bits per heavy atom. The fourth-order valence-corrected chi connectivity index (χ4v) is 2.98. The Labute approximate surface area is 127 Å². The summed E-state index contributed by atoms with van der Waals surface area (Å²) >= 11 is 0. The monoisotopic (exact) mass is 289 g/mol. The number of carbonyl (C=O) groups is 1. The van der Waals surface area contributed by atoms with Crippen molar-refractivity contribution in [3.05, 3.63) is 35.4 Å². The van der Waals surface area contributed by atoms with Crippen molar-refractivity contribution in [1.82, 2.24) is 15.5 Å². The lowest BCUT2D eigenvalue weighted by atomic mass is 9.95. The van der Waals surface area contributed by atoms with E-state index in [0.29, 0.717) is 18.5 Å². The van der Waals surface area contributed by atoms with Gasteiger partial charge in [0, 0.05) is 19.1 Å². The lowest BCUT2D eigenvalue weighted by Crippen LogP contribution is -2.51. The quantitative estimate of drug-likeness (QED) is 0.861. The first kappa shape index (κ1) is 16.0. The van der Waals surface area contributed by atoms with Crippen LogP contribution in [0.5, 0.6) is 0 Å². The molecule has 1 aromatic carbocycles. The predicted molar refractivity (Wildman–Crippen MR) is 86.1 cm³/mol. The zero-order chi connectivity index (χ0) is 15.4. The normalized spacial score (nSPS) is 19.4. The zero-order valence-electron chi connectivity index (χ0n) is 13.5. The van der Waals surface area contributed by atoms with Crippen molar-refractivity contribution in [2.45, 2.75) is 38.9 Å². The van der Waals surface area contributed by atoms with E-state index in [9.17, 15) is 4.79 Å². The molecular formula is C17H27N3O. The van der Waals surface area contributed by atoms with Gasteiger partial charge in [0.05, 0.1) is 6.04 Å². The standard InChI is InChI=1S/C17H27N3O/c1-12(2)16(20(3)4)11-19-17(21)15-9-13-7-5-6-8-14(13)10-18-15/h5-8,12,15-16,18H,9-11H2,1-4H3,(H,19,21)/t15-,16?/m1/s1. The first-order valence-corrected chi connectivity index (χ1v) is 7.73. The number of benzene rings is 1. The van der Waals surface area contributed by atoms with Gasteiger partial charge in [-0.1, -0.05) is 38.1 Å². The Morgan fingerprint density at radius 3 is 2.62 bits per heavy atom. The van der Waals surface area contributed by atoms with Gasteiger partial charge in [-0.25, -0.2) is 0 Å². The molecule has 116 valence electrons. The summed E-state index contributed by atoms with van der Waals surface area (Å²) < 4.78 is 0. The third-order valence-electron chi connectivity index (χ3n) is 4.32. The van der Waals surface area contributed by atoms with Gasteiger partial charge in [-0.3, -0.25) is 4.79 Å². The van der Waals surface area contributed by atoms with Crippen LogP contribution in [0, 0.1) is 5.92 Å². The molecule has 1 amide bonds. The van der Waals surface area contributed by atoms with Gasteiger partial charge in [-0.15, -0.1) is 0 Å². The number of nitrogens with one attached hydrogen (secondary N) is 2. The maximum atomic E-state index is 12.4. The molecule has 4 heteroatoms. The summed E-state index contributed by atoms with van der Waals surface area (Å²) in [7, 11) is 4.12. The SMILES string of the molecule is CC(C)C(CNC(=O)[C@H]1Cc2ccccc2CN1)N(C)C. The van der Waals surface area contributed by atoms with E-state index >= 15 is 0 Å². The van der Waals surface area contributed by atoms with Gasteiger partial charge >= 0.3 is 0 Å². The average Bonchev–Trinajstić information content (AvgIpc) is 2.46. The van der Waals surface area contributed by atoms with E-state index in [1.54, 1.807) is 0 Å². The van der Waals surface area contributed by atoms with Crippen LogP contribution in [-0.4, -0.2) is 43.5 Å². The number of carbonyl (C=O) groups excluding carboxylic acids is 1. The maximum Gasteiger partial charge on any atom is 0.237 e. The number of fused-ring (bicyclic) bond motifs is 1. The van der Waals surface area contributed by atoms with E-state index < -0.39 is 0 Å². The molecule has 0 aromatic heterocycles. The lowest BCUT2D eigenvalue weighted by Gasteiger charge is -2.30. The highest BCUT2D eigenvalue weighted by molar-refractivity contribution is 5.82. The Balaban J connectivity index is 1.90. The minimum absolute atomic E-state index is 0.108. The van der Waals surface area contributed by atoms with Gasteiger partial charge in [-0.05, 0) is 37.6 Å². The van der Waals surface area contributed by atoms with Crippen LogP contribution in [0.4, 0.5) is 0 Å².